The molecule has 0 atom stereocenters. The van der Waals surface area contributed by atoms with E-state index in [-0.39, 0.29) is 29.8 Å². The van der Waals surface area contributed by atoms with Crippen molar-refractivity contribution in [3.05, 3.63) is 47.9 Å². The van der Waals surface area contributed by atoms with Gasteiger partial charge >= 0.3 is 0 Å². The fourth-order valence-electron chi connectivity index (χ4n) is 2.24. The first kappa shape index (κ1) is 18.5. The molecule has 120 valence electrons. The summed E-state index contributed by atoms with van der Waals surface area (Å²) in [7, 11) is 1.92. The van der Waals surface area contributed by atoms with Gasteiger partial charge in [0.25, 0.3) is 0 Å². The Bertz CT molecular complexity index is 691. The number of nitrogens with one attached hydrogen (secondary N) is 1. The van der Waals surface area contributed by atoms with Crippen molar-refractivity contribution in [3.63, 3.8) is 0 Å². The summed E-state index contributed by atoms with van der Waals surface area (Å²) in [5, 5.41) is 4.14. The number of nitrogens with two attached hydrogens (primary N) is 1. The quantitative estimate of drug-likeness (QED) is 0.341. The predicted octanol–water partition coefficient (Wildman–Crippen LogP) is 2.96. The van der Waals surface area contributed by atoms with Crippen LogP contribution in [0.5, 0.6) is 0 Å². The average Bonchev–Trinajstić information content (AvgIpc) is 2.73. The van der Waals surface area contributed by atoms with Gasteiger partial charge in [-0.3, -0.25) is 0 Å². The van der Waals surface area contributed by atoms with Crippen molar-refractivity contribution in [2.75, 3.05) is 13.1 Å². The first-order valence-electron chi connectivity index (χ1n) is 6.89. The molecule has 1 aromatic carbocycles. The maximum absolute atomic E-state index is 13.3. The van der Waals surface area contributed by atoms with E-state index in [1.807, 2.05) is 30.8 Å². The van der Waals surface area contributed by atoms with Crippen molar-refractivity contribution in [3.8, 4) is 0 Å². The van der Waals surface area contributed by atoms with Gasteiger partial charge in [0, 0.05) is 25.2 Å². The van der Waals surface area contributed by atoms with Crippen LogP contribution in [-0.2, 0) is 13.5 Å². The highest BCUT2D eigenvalue weighted by molar-refractivity contribution is 14.0. The molecule has 4 nitrogen and oxygen atoms in total. The standard InChI is InChI=1S/C16H21FN4.HI/c1-11(2)9-20-16(18)19-7-6-12-10-21(3)15-8-13(17)4-5-14(12)15;/h4-5,8,10H,1,6-7,9H2,2-3H3,(H3,18,19,20);1H. The summed E-state index contributed by atoms with van der Waals surface area (Å²) in [5.41, 5.74) is 8.79. The fourth-order valence-corrected chi connectivity index (χ4v) is 2.24. The molecule has 0 amide bonds. The minimum absolute atomic E-state index is 0. The summed E-state index contributed by atoms with van der Waals surface area (Å²) in [4.78, 5) is 4.16. The zero-order chi connectivity index (χ0) is 15.4. The highest BCUT2D eigenvalue weighted by atomic mass is 127. The minimum atomic E-state index is -0.218. The van der Waals surface area contributed by atoms with E-state index in [0.717, 1.165) is 28.5 Å². The molecule has 1 heterocycles. The summed E-state index contributed by atoms with van der Waals surface area (Å²) in [6.45, 7) is 6.90. The predicted molar refractivity (Wildman–Crippen MR) is 101 cm³/mol. The van der Waals surface area contributed by atoms with E-state index in [0.29, 0.717) is 19.0 Å². The molecule has 0 bridgehead atoms. The molecular formula is C16H22FIN4. The Hall–Kier alpha value is -1.57. The Kier molecular flexibility index (Phi) is 6.86. The van der Waals surface area contributed by atoms with E-state index in [1.165, 1.54) is 6.07 Å². The Morgan fingerprint density at radius 3 is 2.86 bits per heavy atom. The molecule has 0 saturated heterocycles. The summed E-state index contributed by atoms with van der Waals surface area (Å²) in [6, 6.07) is 4.86. The number of nitrogens with zero attached hydrogens (tertiary/aromatic N) is 2. The van der Waals surface area contributed by atoms with Crippen LogP contribution in [0.25, 0.3) is 10.9 Å². The van der Waals surface area contributed by atoms with E-state index in [4.69, 9.17) is 5.73 Å². The van der Waals surface area contributed by atoms with Gasteiger partial charge in [0.2, 0.25) is 0 Å². The van der Waals surface area contributed by atoms with Crippen LogP contribution in [0.1, 0.15) is 12.5 Å². The molecule has 1 aromatic heterocycles. The Morgan fingerprint density at radius 2 is 2.18 bits per heavy atom. The zero-order valence-corrected chi connectivity index (χ0v) is 15.2. The highest BCUT2D eigenvalue weighted by Crippen LogP contribution is 2.21. The van der Waals surface area contributed by atoms with Crippen molar-refractivity contribution < 1.29 is 4.39 Å². The van der Waals surface area contributed by atoms with E-state index < -0.39 is 0 Å². The van der Waals surface area contributed by atoms with Gasteiger partial charge in [-0.15, -0.1) is 24.0 Å². The van der Waals surface area contributed by atoms with Gasteiger partial charge in [0.05, 0.1) is 12.1 Å². The molecular weight excluding hydrogens is 394 g/mol. The molecule has 0 unspecified atom stereocenters. The molecule has 0 aliphatic heterocycles. The van der Waals surface area contributed by atoms with E-state index >= 15 is 0 Å². The molecule has 0 saturated carbocycles. The van der Waals surface area contributed by atoms with Crippen molar-refractivity contribution in [2.24, 2.45) is 17.8 Å². The minimum Gasteiger partial charge on any atom is -0.370 e. The average molecular weight is 416 g/mol. The summed E-state index contributed by atoms with van der Waals surface area (Å²) in [5.74, 6) is 0.203. The van der Waals surface area contributed by atoms with Gasteiger partial charge in [0.15, 0.2) is 5.96 Å². The van der Waals surface area contributed by atoms with E-state index in [1.54, 1.807) is 6.07 Å². The molecule has 0 fully saturated rings. The van der Waals surface area contributed by atoms with E-state index in [2.05, 4.69) is 16.9 Å². The first-order chi connectivity index (χ1) is 9.97. The summed E-state index contributed by atoms with van der Waals surface area (Å²) < 4.78 is 15.2. The summed E-state index contributed by atoms with van der Waals surface area (Å²) >= 11 is 0. The van der Waals surface area contributed by atoms with Gasteiger partial charge in [-0.2, -0.15) is 0 Å². The number of guanidine groups is 1. The van der Waals surface area contributed by atoms with Crippen LogP contribution in [0.2, 0.25) is 0 Å². The van der Waals surface area contributed by atoms with Gasteiger partial charge in [-0.25, -0.2) is 9.38 Å². The number of fused-ring (bicyclic) bond motifs is 1. The Morgan fingerprint density at radius 1 is 1.45 bits per heavy atom. The number of hydrogen-bond donors (Lipinski definition) is 2. The van der Waals surface area contributed by atoms with Crippen LogP contribution in [0.4, 0.5) is 4.39 Å². The maximum Gasteiger partial charge on any atom is 0.188 e. The number of benzene rings is 1. The molecule has 6 heteroatoms. The van der Waals surface area contributed by atoms with Crippen LogP contribution < -0.4 is 11.1 Å². The van der Waals surface area contributed by atoms with Crippen LogP contribution in [0.15, 0.2) is 41.5 Å². The topological polar surface area (TPSA) is 55.3 Å². The van der Waals surface area contributed by atoms with Crippen molar-refractivity contribution >= 4 is 40.8 Å². The largest absolute Gasteiger partial charge is 0.370 e. The maximum atomic E-state index is 13.3. The lowest BCUT2D eigenvalue weighted by Crippen LogP contribution is -2.33. The molecule has 3 N–H and O–H groups in total. The lowest BCUT2D eigenvalue weighted by molar-refractivity contribution is 0.629. The molecule has 0 radical (unpaired) electrons. The fraction of sp³-hybridized carbons (Fsp3) is 0.312. The Labute approximate surface area is 147 Å². The van der Waals surface area contributed by atoms with Gasteiger partial charge in [-0.05, 0) is 37.1 Å². The molecule has 0 aliphatic rings. The smallest absolute Gasteiger partial charge is 0.188 e. The van der Waals surface area contributed by atoms with E-state index in [9.17, 15) is 4.39 Å². The molecule has 2 aromatic rings. The third-order valence-corrected chi connectivity index (χ3v) is 3.25. The molecule has 22 heavy (non-hydrogen) atoms. The number of aromatic nitrogens is 1. The lowest BCUT2D eigenvalue weighted by atomic mass is 10.1. The van der Waals surface area contributed by atoms with Crippen molar-refractivity contribution in [2.45, 2.75) is 13.3 Å². The second kappa shape index (κ2) is 8.17. The molecule has 2 rings (SSSR count). The van der Waals surface area contributed by atoms with Crippen LogP contribution in [0, 0.1) is 5.82 Å². The zero-order valence-electron chi connectivity index (χ0n) is 12.9. The molecule has 0 spiro atoms. The monoisotopic (exact) mass is 416 g/mol. The third kappa shape index (κ3) is 4.72. The summed E-state index contributed by atoms with van der Waals surface area (Å²) in [6.07, 6.45) is 2.82. The lowest BCUT2D eigenvalue weighted by Gasteiger charge is -2.05. The second-order valence-corrected chi connectivity index (χ2v) is 5.26. The van der Waals surface area contributed by atoms with Gasteiger partial charge in [-0.1, -0.05) is 12.2 Å². The number of aryl methyl sites for hydroxylation is 1. The van der Waals surface area contributed by atoms with Crippen LogP contribution in [0.3, 0.4) is 0 Å². The third-order valence-electron chi connectivity index (χ3n) is 3.25. The normalized spacial score (nSPS) is 11.3. The van der Waals surface area contributed by atoms with Crippen LogP contribution >= 0.6 is 24.0 Å². The number of halogens is 2. The number of rotatable bonds is 5. The first-order valence-corrected chi connectivity index (χ1v) is 6.89. The number of aliphatic imine (C=N–C) groups is 1. The Balaban J connectivity index is 0.00000242. The SMILES string of the molecule is C=C(C)CN=C(N)NCCc1cn(C)c2cc(F)ccc12.I. The molecule has 0 aliphatic carbocycles. The van der Waals surface area contributed by atoms with Crippen molar-refractivity contribution in [1.29, 1.82) is 0 Å². The van der Waals surface area contributed by atoms with Gasteiger partial charge in [0.1, 0.15) is 5.82 Å². The second-order valence-electron chi connectivity index (χ2n) is 5.26. The number of hydrogen-bond acceptors (Lipinski definition) is 1. The highest BCUT2D eigenvalue weighted by Gasteiger charge is 2.07. The van der Waals surface area contributed by atoms with Gasteiger partial charge < -0.3 is 15.6 Å². The van der Waals surface area contributed by atoms with Crippen molar-refractivity contribution in [1.82, 2.24) is 9.88 Å². The van der Waals surface area contributed by atoms with Crippen LogP contribution in [-0.4, -0.2) is 23.6 Å².